The van der Waals surface area contributed by atoms with Gasteiger partial charge in [0, 0.05) is 10.9 Å². The third-order valence-corrected chi connectivity index (χ3v) is 3.69. The zero-order chi connectivity index (χ0) is 11.3. The van der Waals surface area contributed by atoms with Crippen molar-refractivity contribution < 1.29 is 5.11 Å². The summed E-state index contributed by atoms with van der Waals surface area (Å²) < 4.78 is 0. The number of hydrogen-bond donors (Lipinski definition) is 2. The summed E-state index contributed by atoms with van der Waals surface area (Å²) in [6, 6.07) is 4.60. The maximum atomic E-state index is 9.63. The lowest BCUT2D eigenvalue weighted by Crippen LogP contribution is -2.25. The highest BCUT2D eigenvalue weighted by molar-refractivity contribution is 7.10. The molecular weight excluding hydrogens is 206 g/mol. The van der Waals surface area contributed by atoms with Crippen molar-refractivity contribution in [3.8, 4) is 0 Å². The van der Waals surface area contributed by atoms with Crippen LogP contribution in [0.2, 0.25) is 0 Å². The molecule has 0 amide bonds. The van der Waals surface area contributed by atoms with E-state index in [9.17, 15) is 5.11 Å². The van der Waals surface area contributed by atoms with Crippen LogP contribution in [0.4, 0.5) is 0 Å². The van der Waals surface area contributed by atoms with Crippen molar-refractivity contribution >= 4 is 11.3 Å². The summed E-state index contributed by atoms with van der Waals surface area (Å²) in [6.45, 7) is 7.13. The van der Waals surface area contributed by atoms with E-state index < -0.39 is 0 Å². The van der Waals surface area contributed by atoms with Crippen LogP contribution in [0, 0.1) is 5.92 Å². The zero-order valence-corrected chi connectivity index (χ0v) is 10.6. The molecule has 0 aliphatic carbocycles. The van der Waals surface area contributed by atoms with E-state index in [-0.39, 0.29) is 6.10 Å². The summed E-state index contributed by atoms with van der Waals surface area (Å²) in [5, 5.41) is 15.1. The highest BCUT2D eigenvalue weighted by atomic mass is 32.1. The quantitative estimate of drug-likeness (QED) is 0.783. The summed E-state index contributed by atoms with van der Waals surface area (Å²) >= 11 is 1.77. The molecule has 86 valence electrons. The van der Waals surface area contributed by atoms with Crippen LogP contribution in [0.3, 0.4) is 0 Å². The molecule has 0 bridgehead atoms. The highest BCUT2D eigenvalue weighted by Gasteiger charge is 2.10. The molecule has 0 aliphatic heterocycles. The first kappa shape index (κ1) is 12.7. The van der Waals surface area contributed by atoms with E-state index in [1.165, 1.54) is 4.88 Å². The number of hydrogen-bond acceptors (Lipinski definition) is 3. The first-order valence-corrected chi connectivity index (χ1v) is 6.44. The van der Waals surface area contributed by atoms with Gasteiger partial charge in [-0.15, -0.1) is 11.3 Å². The van der Waals surface area contributed by atoms with Crippen molar-refractivity contribution in [1.29, 1.82) is 0 Å². The second-order valence-electron chi connectivity index (χ2n) is 4.29. The van der Waals surface area contributed by atoms with Crippen molar-refractivity contribution in [2.45, 2.75) is 39.3 Å². The Hall–Kier alpha value is -0.380. The van der Waals surface area contributed by atoms with Gasteiger partial charge in [-0.2, -0.15) is 0 Å². The Kier molecular flexibility index (Phi) is 5.29. The molecular formula is C12H21NOS. The van der Waals surface area contributed by atoms with E-state index >= 15 is 0 Å². The topological polar surface area (TPSA) is 32.3 Å². The van der Waals surface area contributed by atoms with Gasteiger partial charge in [-0.3, -0.25) is 0 Å². The molecule has 0 saturated heterocycles. The van der Waals surface area contributed by atoms with Crippen LogP contribution >= 0.6 is 11.3 Å². The molecule has 15 heavy (non-hydrogen) atoms. The lowest BCUT2D eigenvalue weighted by Gasteiger charge is -2.17. The molecule has 2 unspecified atom stereocenters. The SMILES string of the molecule is CC(NCCC(O)C(C)C)c1cccs1. The van der Waals surface area contributed by atoms with Gasteiger partial charge in [0.05, 0.1) is 6.10 Å². The van der Waals surface area contributed by atoms with Gasteiger partial charge in [-0.05, 0) is 37.3 Å². The second kappa shape index (κ2) is 6.26. The Morgan fingerprint density at radius 1 is 1.40 bits per heavy atom. The molecule has 1 heterocycles. The maximum absolute atomic E-state index is 9.63. The van der Waals surface area contributed by atoms with Crippen molar-refractivity contribution in [3.63, 3.8) is 0 Å². The Balaban J connectivity index is 2.21. The van der Waals surface area contributed by atoms with Crippen LogP contribution in [0.25, 0.3) is 0 Å². The Labute approximate surface area is 96.3 Å². The largest absolute Gasteiger partial charge is 0.393 e. The van der Waals surface area contributed by atoms with Crippen LogP contribution in [0.5, 0.6) is 0 Å². The molecule has 1 rings (SSSR count). The summed E-state index contributed by atoms with van der Waals surface area (Å²) in [5.41, 5.74) is 0. The standard InChI is InChI=1S/C12H21NOS/c1-9(2)11(14)6-7-13-10(3)12-5-4-8-15-12/h4-5,8-11,13-14H,6-7H2,1-3H3. The first-order valence-electron chi connectivity index (χ1n) is 5.56. The Morgan fingerprint density at radius 3 is 2.67 bits per heavy atom. The molecule has 3 heteroatoms. The number of rotatable bonds is 6. The summed E-state index contributed by atoms with van der Waals surface area (Å²) in [4.78, 5) is 1.36. The smallest absolute Gasteiger partial charge is 0.0575 e. The van der Waals surface area contributed by atoms with Gasteiger partial charge in [0.1, 0.15) is 0 Å². The molecule has 2 N–H and O–H groups in total. The minimum atomic E-state index is -0.187. The van der Waals surface area contributed by atoms with E-state index in [1.54, 1.807) is 11.3 Å². The molecule has 2 atom stereocenters. The first-order chi connectivity index (χ1) is 7.11. The lowest BCUT2D eigenvalue weighted by molar-refractivity contribution is 0.115. The fourth-order valence-electron chi connectivity index (χ4n) is 1.42. The normalized spacial score (nSPS) is 15.5. The van der Waals surface area contributed by atoms with E-state index in [0.717, 1.165) is 13.0 Å². The summed E-state index contributed by atoms with van der Waals surface area (Å²) in [6.07, 6.45) is 0.640. The van der Waals surface area contributed by atoms with Gasteiger partial charge in [-0.1, -0.05) is 19.9 Å². The van der Waals surface area contributed by atoms with Crippen molar-refractivity contribution in [1.82, 2.24) is 5.32 Å². The predicted molar refractivity (Wildman–Crippen MR) is 66.2 cm³/mol. The van der Waals surface area contributed by atoms with Gasteiger partial charge in [0.25, 0.3) is 0 Å². The van der Waals surface area contributed by atoms with Gasteiger partial charge in [0.2, 0.25) is 0 Å². The molecule has 2 nitrogen and oxygen atoms in total. The lowest BCUT2D eigenvalue weighted by atomic mass is 10.0. The number of aliphatic hydroxyl groups is 1. The van der Waals surface area contributed by atoms with Gasteiger partial charge < -0.3 is 10.4 Å². The van der Waals surface area contributed by atoms with Crippen LogP contribution < -0.4 is 5.32 Å². The average molecular weight is 227 g/mol. The number of thiophene rings is 1. The molecule has 0 aromatic carbocycles. The van der Waals surface area contributed by atoms with Crippen LogP contribution in [0.15, 0.2) is 17.5 Å². The minimum Gasteiger partial charge on any atom is -0.393 e. The average Bonchev–Trinajstić information content (AvgIpc) is 2.70. The molecule has 0 saturated carbocycles. The molecule has 0 radical (unpaired) electrons. The molecule has 1 aromatic rings. The molecule has 0 aliphatic rings. The third kappa shape index (κ3) is 4.33. The molecule has 0 fully saturated rings. The fourth-order valence-corrected chi connectivity index (χ4v) is 2.18. The summed E-state index contributed by atoms with van der Waals surface area (Å²) in [7, 11) is 0. The van der Waals surface area contributed by atoms with Gasteiger partial charge in [0.15, 0.2) is 0 Å². The monoisotopic (exact) mass is 227 g/mol. The van der Waals surface area contributed by atoms with E-state index in [0.29, 0.717) is 12.0 Å². The Bertz CT molecular complexity index is 259. The van der Waals surface area contributed by atoms with Crippen molar-refractivity contribution in [2.24, 2.45) is 5.92 Å². The minimum absolute atomic E-state index is 0.187. The van der Waals surface area contributed by atoms with Crippen LogP contribution in [-0.4, -0.2) is 17.8 Å². The maximum Gasteiger partial charge on any atom is 0.0575 e. The highest BCUT2D eigenvalue weighted by Crippen LogP contribution is 2.18. The zero-order valence-electron chi connectivity index (χ0n) is 9.73. The Morgan fingerprint density at radius 2 is 2.13 bits per heavy atom. The second-order valence-corrected chi connectivity index (χ2v) is 5.27. The van der Waals surface area contributed by atoms with Crippen LogP contribution in [-0.2, 0) is 0 Å². The van der Waals surface area contributed by atoms with Crippen LogP contribution in [0.1, 0.15) is 38.1 Å². The summed E-state index contributed by atoms with van der Waals surface area (Å²) in [5.74, 6) is 0.351. The van der Waals surface area contributed by atoms with Crippen molar-refractivity contribution in [3.05, 3.63) is 22.4 Å². The number of aliphatic hydroxyl groups excluding tert-OH is 1. The molecule has 1 aromatic heterocycles. The van der Waals surface area contributed by atoms with E-state index in [4.69, 9.17) is 0 Å². The molecule has 0 spiro atoms. The van der Waals surface area contributed by atoms with E-state index in [2.05, 4.69) is 29.8 Å². The van der Waals surface area contributed by atoms with E-state index in [1.807, 2.05) is 13.8 Å². The number of nitrogens with one attached hydrogen (secondary N) is 1. The third-order valence-electron chi connectivity index (χ3n) is 2.63. The van der Waals surface area contributed by atoms with Gasteiger partial charge >= 0.3 is 0 Å². The predicted octanol–water partition coefficient (Wildman–Crippen LogP) is 2.81. The van der Waals surface area contributed by atoms with Crippen molar-refractivity contribution in [2.75, 3.05) is 6.54 Å². The van der Waals surface area contributed by atoms with Gasteiger partial charge in [-0.25, -0.2) is 0 Å². The fraction of sp³-hybridized carbons (Fsp3) is 0.667.